The van der Waals surface area contributed by atoms with Crippen molar-refractivity contribution in [2.24, 2.45) is 0 Å². The van der Waals surface area contributed by atoms with Crippen molar-refractivity contribution in [2.45, 2.75) is 32.9 Å². The summed E-state index contributed by atoms with van der Waals surface area (Å²) in [5.74, 6) is 0. The minimum absolute atomic E-state index is 0.152. The van der Waals surface area contributed by atoms with Crippen molar-refractivity contribution >= 4 is 17.4 Å². The number of aromatic nitrogens is 1. The molecule has 24 heavy (non-hydrogen) atoms. The Labute approximate surface area is 148 Å². The Kier molecular flexibility index (Phi) is 6.75. The number of nitrogens with zero attached hydrogens (tertiary/aromatic N) is 2. The summed E-state index contributed by atoms with van der Waals surface area (Å²) in [6, 6.07) is 10.4. The third-order valence-electron chi connectivity index (χ3n) is 4.02. The number of aryl methyl sites for hydroxylation is 2. The van der Waals surface area contributed by atoms with E-state index in [1.165, 1.54) is 10.4 Å². The van der Waals surface area contributed by atoms with E-state index in [1.54, 1.807) is 11.3 Å². The highest BCUT2D eigenvalue weighted by molar-refractivity contribution is 7.11. The van der Waals surface area contributed by atoms with E-state index >= 15 is 0 Å². The molecule has 1 heterocycles. The second-order valence-corrected chi connectivity index (χ2v) is 7.41. The van der Waals surface area contributed by atoms with Crippen LogP contribution in [0.1, 0.15) is 21.1 Å². The van der Waals surface area contributed by atoms with Crippen LogP contribution in [0.4, 0.5) is 4.79 Å². The molecule has 0 radical (unpaired) electrons. The van der Waals surface area contributed by atoms with E-state index < -0.39 is 0 Å². The van der Waals surface area contributed by atoms with Gasteiger partial charge in [-0.1, -0.05) is 30.3 Å². The molecule has 6 heteroatoms. The van der Waals surface area contributed by atoms with Crippen LogP contribution in [0.25, 0.3) is 0 Å². The molecule has 0 bridgehead atoms. The van der Waals surface area contributed by atoms with Crippen molar-refractivity contribution in [3.05, 3.63) is 51.5 Å². The fourth-order valence-corrected chi connectivity index (χ4v) is 3.24. The lowest BCUT2D eigenvalue weighted by Crippen LogP contribution is -2.44. The van der Waals surface area contributed by atoms with Crippen LogP contribution in [0, 0.1) is 13.8 Å². The molecular weight excluding hydrogens is 320 g/mol. The van der Waals surface area contributed by atoms with Gasteiger partial charge in [0.1, 0.15) is 5.01 Å². The van der Waals surface area contributed by atoms with Crippen molar-refractivity contribution < 1.29 is 4.79 Å². The highest BCUT2D eigenvalue weighted by Gasteiger charge is 2.14. The Morgan fingerprint density at radius 1 is 1.21 bits per heavy atom. The number of benzene rings is 1. The monoisotopic (exact) mass is 346 g/mol. The zero-order valence-corrected chi connectivity index (χ0v) is 15.6. The van der Waals surface area contributed by atoms with Crippen LogP contribution in [-0.4, -0.2) is 42.6 Å². The summed E-state index contributed by atoms with van der Waals surface area (Å²) in [4.78, 5) is 19.8. The van der Waals surface area contributed by atoms with Crippen LogP contribution in [0.2, 0.25) is 0 Å². The van der Waals surface area contributed by atoms with Gasteiger partial charge in [0.15, 0.2) is 0 Å². The van der Waals surface area contributed by atoms with Gasteiger partial charge in [-0.05, 0) is 39.9 Å². The Balaban J connectivity index is 1.79. The third kappa shape index (κ3) is 5.62. The van der Waals surface area contributed by atoms with E-state index in [-0.39, 0.29) is 12.1 Å². The number of carbonyl (C=O) groups is 1. The average molecular weight is 347 g/mol. The van der Waals surface area contributed by atoms with Gasteiger partial charge >= 0.3 is 6.03 Å². The highest BCUT2D eigenvalue weighted by Crippen LogP contribution is 2.15. The van der Waals surface area contributed by atoms with Gasteiger partial charge in [-0.3, -0.25) is 0 Å². The van der Waals surface area contributed by atoms with E-state index in [9.17, 15) is 4.79 Å². The van der Waals surface area contributed by atoms with Crippen molar-refractivity contribution in [1.82, 2.24) is 20.5 Å². The van der Waals surface area contributed by atoms with Crippen LogP contribution in [-0.2, 0) is 13.0 Å². The number of hydrogen-bond acceptors (Lipinski definition) is 4. The number of urea groups is 1. The largest absolute Gasteiger partial charge is 0.337 e. The third-order valence-corrected chi connectivity index (χ3v) is 5.09. The molecule has 0 saturated heterocycles. The maximum atomic E-state index is 12.0. The van der Waals surface area contributed by atoms with E-state index in [0.29, 0.717) is 13.1 Å². The number of hydrogen-bond donors (Lipinski definition) is 2. The van der Waals surface area contributed by atoms with Gasteiger partial charge < -0.3 is 15.5 Å². The van der Waals surface area contributed by atoms with E-state index in [4.69, 9.17) is 0 Å². The summed E-state index contributed by atoms with van der Waals surface area (Å²) in [7, 11) is 4.07. The second-order valence-electron chi connectivity index (χ2n) is 6.12. The summed E-state index contributed by atoms with van der Waals surface area (Å²) in [5.41, 5.74) is 2.31. The van der Waals surface area contributed by atoms with E-state index in [1.807, 2.05) is 46.1 Å². The second kappa shape index (κ2) is 8.80. The van der Waals surface area contributed by atoms with Gasteiger partial charge in [0.2, 0.25) is 0 Å². The summed E-state index contributed by atoms with van der Waals surface area (Å²) >= 11 is 1.63. The van der Waals surface area contributed by atoms with Gasteiger partial charge in [0.25, 0.3) is 0 Å². The van der Waals surface area contributed by atoms with Crippen molar-refractivity contribution in [2.75, 3.05) is 20.6 Å². The Bertz CT molecular complexity index is 635. The molecule has 1 aromatic heterocycles. The molecule has 0 aliphatic heterocycles. The smallest absolute Gasteiger partial charge is 0.315 e. The first-order valence-corrected chi connectivity index (χ1v) is 8.92. The standard InChI is InChI=1S/C18H26N4OS/c1-13-14(2)24-17(21-13)12-20-18(23)19-11-16(22(3)4)10-15-8-6-5-7-9-15/h5-9,16H,10-12H2,1-4H3,(H2,19,20,23)/t16-/m1/s1. The first kappa shape index (κ1) is 18.4. The summed E-state index contributed by atoms with van der Waals surface area (Å²) in [5, 5.41) is 6.78. The SMILES string of the molecule is Cc1nc(CNC(=O)NC[C@@H](Cc2ccccc2)N(C)C)sc1C. The van der Waals surface area contributed by atoms with Crippen LogP contribution in [0.5, 0.6) is 0 Å². The molecule has 1 aromatic carbocycles. The minimum Gasteiger partial charge on any atom is -0.337 e. The molecule has 130 valence electrons. The number of amides is 2. The summed E-state index contributed by atoms with van der Waals surface area (Å²) in [6.45, 7) is 5.10. The fourth-order valence-electron chi connectivity index (χ4n) is 2.37. The molecule has 0 fully saturated rings. The number of carbonyl (C=O) groups excluding carboxylic acids is 1. The van der Waals surface area contributed by atoms with Gasteiger partial charge in [0, 0.05) is 17.5 Å². The van der Waals surface area contributed by atoms with Crippen LogP contribution in [0.3, 0.4) is 0 Å². The highest BCUT2D eigenvalue weighted by atomic mass is 32.1. The predicted octanol–water partition coefficient (Wildman–Crippen LogP) is 2.73. The van der Waals surface area contributed by atoms with Gasteiger partial charge in [-0.15, -0.1) is 11.3 Å². The first-order valence-electron chi connectivity index (χ1n) is 8.10. The zero-order valence-electron chi connectivity index (χ0n) is 14.8. The lowest BCUT2D eigenvalue weighted by molar-refractivity contribution is 0.231. The maximum absolute atomic E-state index is 12.0. The Morgan fingerprint density at radius 3 is 2.50 bits per heavy atom. The predicted molar refractivity (Wildman–Crippen MR) is 99.4 cm³/mol. The molecule has 1 atom stereocenters. The Morgan fingerprint density at radius 2 is 1.92 bits per heavy atom. The maximum Gasteiger partial charge on any atom is 0.315 e. The zero-order chi connectivity index (χ0) is 17.5. The van der Waals surface area contributed by atoms with Crippen LogP contribution < -0.4 is 10.6 Å². The number of rotatable bonds is 7. The lowest BCUT2D eigenvalue weighted by Gasteiger charge is -2.24. The van der Waals surface area contributed by atoms with Crippen LogP contribution >= 0.6 is 11.3 Å². The van der Waals surface area contributed by atoms with Crippen molar-refractivity contribution in [1.29, 1.82) is 0 Å². The molecular formula is C18H26N4OS. The summed E-state index contributed by atoms with van der Waals surface area (Å²) in [6.07, 6.45) is 0.902. The topological polar surface area (TPSA) is 57.3 Å². The fraction of sp³-hybridized carbons (Fsp3) is 0.444. The normalized spacial score (nSPS) is 12.2. The van der Waals surface area contributed by atoms with Gasteiger partial charge in [-0.2, -0.15) is 0 Å². The number of thiazole rings is 1. The molecule has 0 spiro atoms. The number of likely N-dealkylation sites (N-methyl/N-ethyl adjacent to an activating group) is 1. The Hall–Kier alpha value is -1.92. The lowest BCUT2D eigenvalue weighted by atomic mass is 10.1. The molecule has 2 N–H and O–H groups in total. The molecule has 2 amide bonds. The molecule has 5 nitrogen and oxygen atoms in total. The molecule has 2 aromatic rings. The van der Waals surface area contributed by atoms with Crippen molar-refractivity contribution in [3.63, 3.8) is 0 Å². The molecule has 2 rings (SSSR count). The minimum atomic E-state index is -0.152. The quantitative estimate of drug-likeness (QED) is 0.810. The van der Waals surface area contributed by atoms with Gasteiger partial charge in [0.05, 0.1) is 12.2 Å². The van der Waals surface area contributed by atoms with Crippen molar-refractivity contribution in [3.8, 4) is 0 Å². The van der Waals surface area contributed by atoms with Gasteiger partial charge in [-0.25, -0.2) is 9.78 Å². The molecule has 0 unspecified atom stereocenters. The number of nitrogens with one attached hydrogen (secondary N) is 2. The van der Waals surface area contributed by atoms with E-state index in [2.05, 4.69) is 32.7 Å². The van der Waals surface area contributed by atoms with E-state index in [0.717, 1.165) is 17.1 Å². The molecule has 0 aliphatic carbocycles. The van der Waals surface area contributed by atoms with Crippen LogP contribution in [0.15, 0.2) is 30.3 Å². The molecule has 0 saturated carbocycles. The average Bonchev–Trinajstić information content (AvgIpc) is 2.88. The molecule has 0 aliphatic rings. The first-order chi connectivity index (χ1) is 11.5. The summed E-state index contributed by atoms with van der Waals surface area (Å²) < 4.78 is 0.